The van der Waals surface area contributed by atoms with Crippen LogP contribution in [0, 0.1) is 5.82 Å². The van der Waals surface area contributed by atoms with E-state index in [1.807, 2.05) is 0 Å². The van der Waals surface area contributed by atoms with Gasteiger partial charge in [0.2, 0.25) is 0 Å². The van der Waals surface area contributed by atoms with E-state index < -0.39 is 9.84 Å². The molecule has 1 aliphatic rings. The van der Waals surface area contributed by atoms with Crippen molar-refractivity contribution in [3.63, 3.8) is 0 Å². The molecule has 1 amide bonds. The first-order valence-corrected chi connectivity index (χ1v) is 9.36. The number of nitrogens with zero attached hydrogens (tertiary/aromatic N) is 1. The second kappa shape index (κ2) is 5.77. The van der Waals surface area contributed by atoms with Crippen molar-refractivity contribution in [2.75, 3.05) is 11.5 Å². The number of benzene rings is 1. The van der Waals surface area contributed by atoms with Crippen LogP contribution >= 0.6 is 11.3 Å². The van der Waals surface area contributed by atoms with Crippen molar-refractivity contribution in [1.29, 1.82) is 0 Å². The van der Waals surface area contributed by atoms with Crippen LogP contribution in [-0.2, 0) is 9.84 Å². The van der Waals surface area contributed by atoms with E-state index in [0.29, 0.717) is 11.4 Å². The first kappa shape index (κ1) is 15.1. The number of carbonyl (C=O) groups is 1. The van der Waals surface area contributed by atoms with E-state index in [9.17, 15) is 17.6 Å². The summed E-state index contributed by atoms with van der Waals surface area (Å²) in [6.07, 6.45) is 0.434. The average Bonchev–Trinajstić information content (AvgIpc) is 3.06. The number of nitrogens with one attached hydrogen (secondary N) is 1. The van der Waals surface area contributed by atoms with Gasteiger partial charge in [0.15, 0.2) is 9.84 Å². The SMILES string of the molecule is O=C(NC1CCS(=O)(=O)C1)c1csc(-c2ccc(F)cc2)n1. The van der Waals surface area contributed by atoms with Gasteiger partial charge in [-0.05, 0) is 30.7 Å². The summed E-state index contributed by atoms with van der Waals surface area (Å²) in [5.41, 5.74) is 0.975. The van der Waals surface area contributed by atoms with Crippen molar-refractivity contribution >= 4 is 27.1 Å². The molecule has 1 aromatic heterocycles. The van der Waals surface area contributed by atoms with E-state index in [2.05, 4.69) is 10.3 Å². The molecule has 3 rings (SSSR count). The third-order valence-corrected chi connectivity index (χ3v) is 6.05. The summed E-state index contributed by atoms with van der Waals surface area (Å²) in [5.74, 6) is -0.629. The number of carbonyl (C=O) groups excluding carboxylic acids is 1. The minimum absolute atomic E-state index is 0.0201. The Morgan fingerprint density at radius 1 is 1.32 bits per heavy atom. The summed E-state index contributed by atoms with van der Waals surface area (Å²) in [4.78, 5) is 16.3. The standard InChI is InChI=1S/C14H13FN2O3S2/c15-10-3-1-9(2-4-10)14-17-12(7-21-14)13(18)16-11-5-6-22(19,20)8-11/h1-4,7,11H,5-6,8H2,(H,16,18). The van der Waals surface area contributed by atoms with Gasteiger partial charge in [-0.1, -0.05) is 0 Å². The van der Waals surface area contributed by atoms with E-state index in [1.165, 1.54) is 23.5 Å². The Balaban J connectivity index is 1.71. The van der Waals surface area contributed by atoms with E-state index >= 15 is 0 Å². The summed E-state index contributed by atoms with van der Waals surface area (Å²) >= 11 is 1.28. The molecule has 0 bridgehead atoms. The average molecular weight is 340 g/mol. The molecule has 1 aliphatic heterocycles. The van der Waals surface area contributed by atoms with Crippen molar-refractivity contribution in [3.05, 3.63) is 41.2 Å². The zero-order valence-corrected chi connectivity index (χ0v) is 13.1. The zero-order valence-electron chi connectivity index (χ0n) is 11.5. The summed E-state index contributed by atoms with van der Waals surface area (Å²) in [6, 6.07) is 5.51. The number of halogens is 1. The van der Waals surface area contributed by atoms with Crippen molar-refractivity contribution in [2.45, 2.75) is 12.5 Å². The monoisotopic (exact) mass is 340 g/mol. The fraction of sp³-hybridized carbons (Fsp3) is 0.286. The molecule has 22 heavy (non-hydrogen) atoms. The van der Waals surface area contributed by atoms with Crippen molar-refractivity contribution < 1.29 is 17.6 Å². The molecular formula is C14H13FN2O3S2. The molecular weight excluding hydrogens is 327 g/mol. The largest absolute Gasteiger partial charge is 0.347 e. The molecule has 2 heterocycles. The third kappa shape index (κ3) is 3.33. The molecule has 1 N–H and O–H groups in total. The lowest BCUT2D eigenvalue weighted by Crippen LogP contribution is -2.35. The van der Waals surface area contributed by atoms with Gasteiger partial charge in [0, 0.05) is 17.0 Å². The van der Waals surface area contributed by atoms with Crippen LogP contribution in [0.5, 0.6) is 0 Å². The maximum Gasteiger partial charge on any atom is 0.271 e. The summed E-state index contributed by atoms with van der Waals surface area (Å²) in [5, 5.41) is 4.91. The van der Waals surface area contributed by atoms with Gasteiger partial charge in [-0.2, -0.15) is 0 Å². The van der Waals surface area contributed by atoms with Gasteiger partial charge in [0.05, 0.1) is 11.5 Å². The highest BCUT2D eigenvalue weighted by atomic mass is 32.2. The molecule has 1 atom stereocenters. The van der Waals surface area contributed by atoms with Crippen LogP contribution in [0.3, 0.4) is 0 Å². The van der Waals surface area contributed by atoms with E-state index in [-0.39, 0.29) is 35.0 Å². The maximum atomic E-state index is 12.9. The van der Waals surface area contributed by atoms with Gasteiger partial charge in [-0.3, -0.25) is 4.79 Å². The number of hydrogen-bond acceptors (Lipinski definition) is 5. The highest BCUT2D eigenvalue weighted by Gasteiger charge is 2.29. The second-order valence-corrected chi connectivity index (χ2v) is 8.21. The highest BCUT2D eigenvalue weighted by molar-refractivity contribution is 7.91. The van der Waals surface area contributed by atoms with E-state index in [4.69, 9.17) is 0 Å². The fourth-order valence-electron chi connectivity index (χ4n) is 2.27. The Bertz CT molecular complexity index is 800. The van der Waals surface area contributed by atoms with Crippen molar-refractivity contribution in [3.8, 4) is 10.6 Å². The molecule has 116 valence electrons. The van der Waals surface area contributed by atoms with Crippen LogP contribution in [0.25, 0.3) is 10.6 Å². The lowest BCUT2D eigenvalue weighted by Gasteiger charge is -2.08. The molecule has 2 aromatic rings. The molecule has 0 radical (unpaired) electrons. The minimum Gasteiger partial charge on any atom is -0.347 e. The lowest BCUT2D eigenvalue weighted by molar-refractivity contribution is 0.0937. The Hall–Kier alpha value is -1.80. The number of rotatable bonds is 3. The summed E-state index contributed by atoms with van der Waals surface area (Å²) in [6.45, 7) is 0. The first-order valence-electron chi connectivity index (χ1n) is 6.66. The predicted octanol–water partition coefficient (Wildman–Crippen LogP) is 1.87. The van der Waals surface area contributed by atoms with Crippen LogP contribution in [0.1, 0.15) is 16.9 Å². The van der Waals surface area contributed by atoms with Gasteiger partial charge in [-0.25, -0.2) is 17.8 Å². The van der Waals surface area contributed by atoms with Gasteiger partial charge in [0.1, 0.15) is 16.5 Å². The molecule has 1 saturated heterocycles. The Morgan fingerprint density at radius 3 is 2.68 bits per heavy atom. The van der Waals surface area contributed by atoms with Crippen LogP contribution < -0.4 is 5.32 Å². The summed E-state index contributed by atoms with van der Waals surface area (Å²) in [7, 11) is -3.03. The molecule has 5 nitrogen and oxygen atoms in total. The first-order chi connectivity index (χ1) is 10.4. The number of hydrogen-bond donors (Lipinski definition) is 1. The second-order valence-electron chi connectivity index (χ2n) is 5.12. The van der Waals surface area contributed by atoms with Crippen molar-refractivity contribution in [1.82, 2.24) is 10.3 Å². The summed E-state index contributed by atoms with van der Waals surface area (Å²) < 4.78 is 35.7. The maximum absolute atomic E-state index is 12.9. The van der Waals surface area contributed by atoms with Gasteiger partial charge in [-0.15, -0.1) is 11.3 Å². The van der Waals surface area contributed by atoms with Crippen LogP contribution in [0.2, 0.25) is 0 Å². The van der Waals surface area contributed by atoms with Crippen LogP contribution in [-0.4, -0.2) is 36.9 Å². The van der Waals surface area contributed by atoms with Gasteiger partial charge < -0.3 is 5.32 Å². The topological polar surface area (TPSA) is 76.1 Å². The lowest BCUT2D eigenvalue weighted by atomic mass is 10.2. The van der Waals surface area contributed by atoms with Gasteiger partial charge >= 0.3 is 0 Å². The Labute approximate surface area is 131 Å². The Kier molecular flexibility index (Phi) is 3.96. The quantitative estimate of drug-likeness (QED) is 0.925. The number of sulfone groups is 1. The molecule has 1 aromatic carbocycles. The zero-order chi connectivity index (χ0) is 15.7. The van der Waals surface area contributed by atoms with Crippen LogP contribution in [0.4, 0.5) is 4.39 Å². The fourth-order valence-corrected chi connectivity index (χ4v) is 4.75. The molecule has 0 spiro atoms. The van der Waals surface area contributed by atoms with E-state index in [1.54, 1.807) is 17.5 Å². The number of aromatic nitrogens is 1. The smallest absolute Gasteiger partial charge is 0.271 e. The third-order valence-electron chi connectivity index (χ3n) is 3.40. The Morgan fingerprint density at radius 2 is 2.05 bits per heavy atom. The number of thiazole rings is 1. The molecule has 8 heteroatoms. The minimum atomic E-state index is -3.03. The van der Waals surface area contributed by atoms with Gasteiger partial charge in [0.25, 0.3) is 5.91 Å². The number of amides is 1. The van der Waals surface area contributed by atoms with Crippen molar-refractivity contribution in [2.24, 2.45) is 0 Å². The predicted molar refractivity (Wildman–Crippen MR) is 82.0 cm³/mol. The normalized spacial score (nSPS) is 20.0. The molecule has 0 saturated carbocycles. The molecule has 1 unspecified atom stereocenters. The van der Waals surface area contributed by atoms with Crippen LogP contribution in [0.15, 0.2) is 29.6 Å². The highest BCUT2D eigenvalue weighted by Crippen LogP contribution is 2.24. The molecule has 0 aliphatic carbocycles. The van der Waals surface area contributed by atoms with E-state index in [0.717, 1.165) is 5.56 Å². The molecule has 1 fully saturated rings.